The number of nitrogens with zero attached hydrogens (tertiary/aromatic N) is 3. The molecule has 0 unspecified atom stereocenters. The number of aryl methyl sites for hydroxylation is 2. The van der Waals surface area contributed by atoms with E-state index in [1.165, 1.54) is 6.07 Å². The van der Waals surface area contributed by atoms with Crippen molar-refractivity contribution in [3.8, 4) is 6.07 Å². The van der Waals surface area contributed by atoms with Crippen molar-refractivity contribution in [2.45, 2.75) is 32.9 Å². The van der Waals surface area contributed by atoms with Crippen molar-refractivity contribution in [1.82, 2.24) is 4.90 Å². The summed E-state index contributed by atoms with van der Waals surface area (Å²) in [6.45, 7) is 5.60. The molecule has 6 nitrogen and oxygen atoms in total. The molecule has 190 valence electrons. The van der Waals surface area contributed by atoms with E-state index in [4.69, 9.17) is 11.0 Å². The highest BCUT2D eigenvalue weighted by molar-refractivity contribution is 5.95. The maximum absolute atomic E-state index is 13.4. The van der Waals surface area contributed by atoms with Crippen LogP contribution in [-0.2, 0) is 11.0 Å². The van der Waals surface area contributed by atoms with Crippen molar-refractivity contribution in [3.05, 3.63) is 64.2 Å². The van der Waals surface area contributed by atoms with Gasteiger partial charge in [-0.3, -0.25) is 9.59 Å². The maximum atomic E-state index is 13.4. The minimum absolute atomic E-state index is 0.0915. The summed E-state index contributed by atoms with van der Waals surface area (Å²) >= 11 is 0. The summed E-state index contributed by atoms with van der Waals surface area (Å²) in [6.07, 6.45) is -3.27. The predicted octanol–water partition coefficient (Wildman–Crippen LogP) is 4.28. The second-order valence-corrected chi connectivity index (χ2v) is 9.92. The Kier molecular flexibility index (Phi) is 6.98. The van der Waals surface area contributed by atoms with Crippen molar-refractivity contribution in [2.75, 3.05) is 31.1 Å². The van der Waals surface area contributed by atoms with Gasteiger partial charge in [0.1, 0.15) is 0 Å². The van der Waals surface area contributed by atoms with Gasteiger partial charge in [-0.15, -0.1) is 0 Å². The number of likely N-dealkylation sites (tertiary alicyclic amines) is 1. The molecule has 0 bridgehead atoms. The fourth-order valence-corrected chi connectivity index (χ4v) is 5.70. The van der Waals surface area contributed by atoms with Crippen LogP contribution in [0.25, 0.3) is 0 Å². The summed E-state index contributed by atoms with van der Waals surface area (Å²) in [5, 5.41) is 9.04. The summed E-state index contributed by atoms with van der Waals surface area (Å²) in [5.74, 6) is -0.976. The number of halogens is 3. The standard InChI is InChI=1S/C27H29F3N4O2/c1-16-9-17(2)11-20(10-16)26(36)34-14-22(23(15-34)25(32)35)18-5-7-33(8-6-18)21-4-3-19(13-31)24(12-21)27(28,29)30/h3-4,9-12,18,22-23H,5-8,14-15H2,1-2H3,(H2,32,35)/t22-,23+/m0/s1. The number of piperidine rings is 1. The summed E-state index contributed by atoms with van der Waals surface area (Å²) in [6, 6.07) is 11.1. The predicted molar refractivity (Wildman–Crippen MR) is 129 cm³/mol. The van der Waals surface area contributed by atoms with Crippen molar-refractivity contribution < 1.29 is 22.8 Å². The summed E-state index contributed by atoms with van der Waals surface area (Å²) in [5.41, 5.74) is 7.38. The van der Waals surface area contributed by atoms with E-state index in [0.29, 0.717) is 43.7 Å². The van der Waals surface area contributed by atoms with Crippen molar-refractivity contribution in [2.24, 2.45) is 23.5 Å². The van der Waals surface area contributed by atoms with Gasteiger partial charge in [-0.25, -0.2) is 0 Å². The van der Waals surface area contributed by atoms with Gasteiger partial charge in [0.15, 0.2) is 0 Å². The fraction of sp³-hybridized carbons (Fsp3) is 0.444. The van der Waals surface area contributed by atoms with Crippen LogP contribution in [0.4, 0.5) is 18.9 Å². The molecule has 0 saturated carbocycles. The number of nitrogens with two attached hydrogens (primary N) is 1. The highest BCUT2D eigenvalue weighted by atomic mass is 19.4. The van der Waals surface area contributed by atoms with E-state index in [0.717, 1.165) is 17.2 Å². The number of hydrogen-bond donors (Lipinski definition) is 1. The molecule has 2 aliphatic heterocycles. The van der Waals surface area contributed by atoms with Crippen LogP contribution in [0.2, 0.25) is 0 Å². The average molecular weight is 499 g/mol. The lowest BCUT2D eigenvalue weighted by molar-refractivity contribution is -0.137. The van der Waals surface area contributed by atoms with E-state index < -0.39 is 29.1 Å². The third kappa shape index (κ3) is 5.18. The Hall–Kier alpha value is -3.54. The molecule has 2 saturated heterocycles. The molecule has 0 spiro atoms. The van der Waals surface area contributed by atoms with Crippen LogP contribution >= 0.6 is 0 Å². The second-order valence-electron chi connectivity index (χ2n) is 9.92. The molecular weight excluding hydrogens is 469 g/mol. The number of rotatable bonds is 4. The Bertz CT molecular complexity index is 1190. The van der Waals surface area contributed by atoms with Gasteiger partial charge in [0, 0.05) is 37.4 Å². The fourth-order valence-electron chi connectivity index (χ4n) is 5.70. The van der Waals surface area contributed by atoms with Gasteiger partial charge in [-0.05, 0) is 68.9 Å². The lowest BCUT2D eigenvalue weighted by atomic mass is 9.78. The molecule has 2 amide bonds. The van der Waals surface area contributed by atoms with E-state index in [-0.39, 0.29) is 24.3 Å². The number of benzene rings is 2. The molecule has 0 aromatic heterocycles. The zero-order valence-corrected chi connectivity index (χ0v) is 20.3. The van der Waals surface area contributed by atoms with Gasteiger partial charge < -0.3 is 15.5 Å². The number of carbonyl (C=O) groups is 2. The zero-order chi connectivity index (χ0) is 26.2. The normalized spacial score (nSPS) is 20.9. The van der Waals surface area contributed by atoms with Crippen LogP contribution in [0.15, 0.2) is 36.4 Å². The number of nitriles is 1. The topological polar surface area (TPSA) is 90.4 Å². The van der Waals surface area contributed by atoms with E-state index in [2.05, 4.69) is 0 Å². The third-order valence-corrected chi connectivity index (χ3v) is 7.43. The minimum Gasteiger partial charge on any atom is -0.372 e. The van der Waals surface area contributed by atoms with Gasteiger partial charge in [0.25, 0.3) is 5.91 Å². The first-order valence-electron chi connectivity index (χ1n) is 12.0. The molecule has 9 heteroatoms. The van der Waals surface area contributed by atoms with Gasteiger partial charge >= 0.3 is 6.18 Å². The molecule has 2 atom stereocenters. The number of primary amides is 1. The Morgan fingerprint density at radius 2 is 1.67 bits per heavy atom. The maximum Gasteiger partial charge on any atom is 0.417 e. The molecule has 0 radical (unpaired) electrons. The van der Waals surface area contributed by atoms with E-state index in [1.807, 2.05) is 36.9 Å². The number of alkyl halides is 3. The number of anilines is 1. The molecule has 2 aromatic rings. The van der Waals surface area contributed by atoms with Crippen LogP contribution in [0.1, 0.15) is 45.5 Å². The molecule has 4 rings (SSSR count). The van der Waals surface area contributed by atoms with Crippen LogP contribution in [0, 0.1) is 42.9 Å². The quantitative estimate of drug-likeness (QED) is 0.681. The van der Waals surface area contributed by atoms with E-state index in [9.17, 15) is 22.8 Å². The van der Waals surface area contributed by atoms with Crippen molar-refractivity contribution in [1.29, 1.82) is 5.26 Å². The van der Waals surface area contributed by atoms with Gasteiger partial charge in [0.05, 0.1) is 23.1 Å². The molecular formula is C27H29F3N4O2. The molecule has 2 aliphatic rings. The highest BCUT2D eigenvalue weighted by Gasteiger charge is 2.43. The number of hydrogen-bond acceptors (Lipinski definition) is 4. The summed E-state index contributed by atoms with van der Waals surface area (Å²) < 4.78 is 40.2. The molecule has 2 aromatic carbocycles. The average Bonchev–Trinajstić information content (AvgIpc) is 3.28. The van der Waals surface area contributed by atoms with Gasteiger partial charge in [0.2, 0.25) is 5.91 Å². The lowest BCUT2D eigenvalue weighted by Crippen LogP contribution is -2.40. The van der Waals surface area contributed by atoms with E-state index in [1.54, 1.807) is 17.0 Å². The Balaban J connectivity index is 1.47. The summed E-state index contributed by atoms with van der Waals surface area (Å²) in [4.78, 5) is 29.1. The van der Waals surface area contributed by atoms with E-state index >= 15 is 0 Å². The largest absolute Gasteiger partial charge is 0.417 e. The first-order chi connectivity index (χ1) is 17.0. The first kappa shape index (κ1) is 25.5. The SMILES string of the molecule is Cc1cc(C)cc(C(=O)N2C[C@@H](C(N)=O)[C@H](C3CCN(c4ccc(C#N)c(C(F)(F)F)c4)CC3)C2)c1. The smallest absolute Gasteiger partial charge is 0.372 e. The Labute approximate surface area is 208 Å². The third-order valence-electron chi connectivity index (χ3n) is 7.43. The molecule has 36 heavy (non-hydrogen) atoms. The zero-order valence-electron chi connectivity index (χ0n) is 20.3. The lowest BCUT2D eigenvalue weighted by Gasteiger charge is -2.37. The Morgan fingerprint density at radius 1 is 1.03 bits per heavy atom. The number of amides is 2. The van der Waals surface area contributed by atoms with Crippen LogP contribution < -0.4 is 10.6 Å². The van der Waals surface area contributed by atoms with Gasteiger partial charge in [-0.2, -0.15) is 18.4 Å². The minimum atomic E-state index is -4.61. The van der Waals surface area contributed by atoms with Crippen molar-refractivity contribution >= 4 is 17.5 Å². The molecule has 2 fully saturated rings. The number of carbonyl (C=O) groups excluding carboxylic acids is 2. The molecule has 2 heterocycles. The molecule has 0 aliphatic carbocycles. The van der Waals surface area contributed by atoms with Crippen LogP contribution in [0.5, 0.6) is 0 Å². The van der Waals surface area contributed by atoms with Gasteiger partial charge in [-0.1, -0.05) is 17.2 Å². The summed E-state index contributed by atoms with van der Waals surface area (Å²) in [7, 11) is 0. The monoisotopic (exact) mass is 498 g/mol. The first-order valence-corrected chi connectivity index (χ1v) is 12.0. The second kappa shape index (κ2) is 9.84. The molecule has 2 N–H and O–H groups in total. The van der Waals surface area contributed by atoms with Crippen LogP contribution in [0.3, 0.4) is 0 Å². The Morgan fingerprint density at radius 3 is 2.22 bits per heavy atom. The van der Waals surface area contributed by atoms with Crippen LogP contribution in [-0.4, -0.2) is 42.9 Å². The highest BCUT2D eigenvalue weighted by Crippen LogP contribution is 2.39. The van der Waals surface area contributed by atoms with Crippen molar-refractivity contribution in [3.63, 3.8) is 0 Å².